The summed E-state index contributed by atoms with van der Waals surface area (Å²) >= 11 is 17.6. The average molecular weight is 418 g/mol. The van der Waals surface area contributed by atoms with E-state index in [4.69, 9.17) is 23.2 Å². The van der Waals surface area contributed by atoms with Gasteiger partial charge in [-0.25, -0.2) is 4.79 Å². The highest BCUT2D eigenvalue weighted by molar-refractivity contribution is 9.10. The normalized spacial score (nSPS) is 10.4. The molecule has 0 N–H and O–H groups in total. The zero-order valence-corrected chi connectivity index (χ0v) is 15.4. The largest absolute Gasteiger partial charge is 0.465 e. The van der Waals surface area contributed by atoms with Gasteiger partial charge >= 0.3 is 5.97 Å². The number of hydrogen-bond donors (Lipinski definition) is 0. The van der Waals surface area contributed by atoms with Crippen LogP contribution in [0.15, 0.2) is 57.2 Å². The van der Waals surface area contributed by atoms with E-state index in [0.717, 1.165) is 14.3 Å². The number of halogens is 3. The molecule has 0 unspecified atom stereocenters. The molecule has 0 bridgehead atoms. The zero-order chi connectivity index (χ0) is 16.3. The smallest absolute Gasteiger partial charge is 0.337 e. The molecule has 0 spiro atoms. The van der Waals surface area contributed by atoms with Crippen molar-refractivity contribution in [3.8, 4) is 0 Å². The van der Waals surface area contributed by atoms with Crippen LogP contribution < -0.4 is 0 Å². The molecule has 0 saturated heterocycles. The van der Waals surface area contributed by atoms with Crippen LogP contribution in [0.1, 0.15) is 5.56 Å². The van der Waals surface area contributed by atoms with Crippen LogP contribution in [-0.2, 0) is 9.53 Å². The molecular formula is C16H11BrCl2O2S. The van der Waals surface area contributed by atoms with Crippen LogP contribution in [-0.4, -0.2) is 13.1 Å². The maximum Gasteiger partial charge on any atom is 0.337 e. The number of rotatable bonds is 4. The molecule has 0 amide bonds. The van der Waals surface area contributed by atoms with Gasteiger partial charge in [-0.1, -0.05) is 59.7 Å². The molecule has 2 aromatic carbocycles. The Hall–Kier alpha value is -0.940. The summed E-state index contributed by atoms with van der Waals surface area (Å²) in [7, 11) is 1.29. The van der Waals surface area contributed by atoms with Gasteiger partial charge < -0.3 is 4.74 Å². The van der Waals surface area contributed by atoms with Crippen LogP contribution in [0.25, 0.3) is 5.57 Å². The van der Waals surface area contributed by atoms with Gasteiger partial charge in [-0.05, 0) is 34.1 Å². The number of carbonyl (C=O) groups excluding carboxylic acids is 1. The third-order valence-corrected chi connectivity index (χ3v) is 5.94. The topological polar surface area (TPSA) is 26.3 Å². The monoisotopic (exact) mass is 416 g/mol. The van der Waals surface area contributed by atoms with Crippen molar-refractivity contribution in [3.05, 3.63) is 63.1 Å². The molecule has 2 rings (SSSR count). The minimum absolute atomic E-state index is 0.173. The van der Waals surface area contributed by atoms with E-state index in [1.807, 2.05) is 30.3 Å². The van der Waals surface area contributed by atoms with Gasteiger partial charge in [0.05, 0.1) is 22.7 Å². The van der Waals surface area contributed by atoms with Gasteiger partial charge in [0.1, 0.15) is 0 Å². The highest BCUT2D eigenvalue weighted by atomic mass is 79.9. The fourth-order valence-electron chi connectivity index (χ4n) is 1.72. The van der Waals surface area contributed by atoms with Gasteiger partial charge in [-0.2, -0.15) is 0 Å². The molecule has 0 radical (unpaired) electrons. The minimum Gasteiger partial charge on any atom is -0.465 e. The quantitative estimate of drug-likeness (QED) is 0.444. The van der Waals surface area contributed by atoms with Crippen molar-refractivity contribution in [2.24, 2.45) is 0 Å². The Labute approximate surface area is 151 Å². The molecule has 0 atom stereocenters. The van der Waals surface area contributed by atoms with Crippen molar-refractivity contribution in [3.63, 3.8) is 0 Å². The second kappa shape index (κ2) is 7.55. The van der Waals surface area contributed by atoms with E-state index < -0.39 is 5.97 Å². The van der Waals surface area contributed by atoms with Gasteiger partial charge in [0, 0.05) is 19.8 Å². The van der Waals surface area contributed by atoms with E-state index in [1.165, 1.54) is 18.9 Å². The molecule has 114 valence electrons. The molecule has 0 aliphatic rings. The molecule has 0 heterocycles. The van der Waals surface area contributed by atoms with E-state index in [9.17, 15) is 4.79 Å². The maximum atomic E-state index is 11.6. The third-order valence-electron chi connectivity index (χ3n) is 2.86. The number of carbonyl (C=O) groups is 1. The fourth-order valence-corrected chi connectivity index (χ4v) is 3.74. The lowest BCUT2D eigenvalue weighted by Crippen LogP contribution is -2.03. The highest BCUT2D eigenvalue weighted by Gasteiger charge is 2.18. The molecule has 6 heteroatoms. The van der Waals surface area contributed by atoms with Crippen LogP contribution in [0.4, 0.5) is 0 Å². The summed E-state index contributed by atoms with van der Waals surface area (Å²) in [5.74, 6) is -0.538. The van der Waals surface area contributed by atoms with Crippen molar-refractivity contribution in [2.75, 3.05) is 7.11 Å². The van der Waals surface area contributed by atoms with Gasteiger partial charge in [-0.15, -0.1) is 0 Å². The Morgan fingerprint density at radius 1 is 1.14 bits per heavy atom. The lowest BCUT2D eigenvalue weighted by atomic mass is 10.1. The summed E-state index contributed by atoms with van der Waals surface area (Å²) in [4.78, 5) is 13.4. The Morgan fingerprint density at radius 2 is 1.82 bits per heavy atom. The van der Waals surface area contributed by atoms with Crippen LogP contribution in [0, 0.1) is 0 Å². The maximum absolute atomic E-state index is 11.6. The molecule has 22 heavy (non-hydrogen) atoms. The van der Waals surface area contributed by atoms with Crippen molar-refractivity contribution in [1.82, 2.24) is 0 Å². The third kappa shape index (κ3) is 3.69. The number of methoxy groups -OCH3 is 1. The minimum atomic E-state index is -0.538. The van der Waals surface area contributed by atoms with Gasteiger partial charge in [-0.3, -0.25) is 0 Å². The van der Waals surface area contributed by atoms with Crippen LogP contribution >= 0.6 is 50.9 Å². The number of benzene rings is 2. The molecule has 2 nitrogen and oxygen atoms in total. The molecule has 0 aromatic heterocycles. The molecular weight excluding hydrogens is 407 g/mol. The van der Waals surface area contributed by atoms with Crippen LogP contribution in [0.2, 0.25) is 10.0 Å². The van der Waals surface area contributed by atoms with Crippen molar-refractivity contribution in [2.45, 2.75) is 9.79 Å². The standard InChI is InChI=1S/C16H11BrCl2O2S/c1-9(16(20)21-2)10-7-8-13(15(19)14(10)18)22-12-6-4-3-5-11(12)17/h3-8H,1H2,2H3. The summed E-state index contributed by atoms with van der Waals surface area (Å²) in [5, 5.41) is 0.666. The SMILES string of the molecule is C=C(C(=O)OC)c1ccc(Sc2ccccc2Br)c(Cl)c1Cl. The second-order valence-corrected chi connectivity index (χ2v) is 6.94. The Kier molecular flexibility index (Phi) is 5.98. The zero-order valence-electron chi connectivity index (χ0n) is 11.5. The van der Waals surface area contributed by atoms with Crippen LogP contribution in [0.3, 0.4) is 0 Å². The summed E-state index contributed by atoms with van der Waals surface area (Å²) in [6.07, 6.45) is 0. The Morgan fingerprint density at radius 3 is 2.45 bits per heavy atom. The van der Waals surface area contributed by atoms with Crippen LogP contribution in [0.5, 0.6) is 0 Å². The fraction of sp³-hybridized carbons (Fsp3) is 0.0625. The van der Waals surface area contributed by atoms with Crippen molar-refractivity contribution >= 4 is 62.4 Å². The first kappa shape index (κ1) is 17.4. The summed E-state index contributed by atoms with van der Waals surface area (Å²) in [6, 6.07) is 11.3. The summed E-state index contributed by atoms with van der Waals surface area (Å²) in [5.41, 5.74) is 0.641. The average Bonchev–Trinajstić information content (AvgIpc) is 2.52. The van der Waals surface area contributed by atoms with E-state index >= 15 is 0 Å². The number of hydrogen-bond acceptors (Lipinski definition) is 3. The Balaban J connectivity index is 2.37. The number of esters is 1. The Bertz CT molecular complexity index is 747. The first-order valence-electron chi connectivity index (χ1n) is 6.13. The number of ether oxygens (including phenoxy) is 1. The summed E-state index contributed by atoms with van der Waals surface area (Å²) < 4.78 is 5.62. The predicted molar refractivity (Wildman–Crippen MR) is 95.8 cm³/mol. The lowest BCUT2D eigenvalue weighted by molar-refractivity contribution is -0.133. The summed E-state index contributed by atoms with van der Waals surface area (Å²) in [6.45, 7) is 3.69. The molecule has 0 fully saturated rings. The predicted octanol–water partition coefficient (Wildman–Crippen LogP) is 6.09. The van der Waals surface area contributed by atoms with Gasteiger partial charge in [0.15, 0.2) is 0 Å². The van der Waals surface area contributed by atoms with Gasteiger partial charge in [0.2, 0.25) is 0 Å². The van der Waals surface area contributed by atoms with E-state index in [-0.39, 0.29) is 10.6 Å². The lowest BCUT2D eigenvalue weighted by Gasteiger charge is -2.11. The molecule has 2 aromatic rings. The first-order valence-corrected chi connectivity index (χ1v) is 8.50. The van der Waals surface area contributed by atoms with Crippen molar-refractivity contribution in [1.29, 1.82) is 0 Å². The van der Waals surface area contributed by atoms with E-state index in [1.54, 1.807) is 6.07 Å². The molecule has 0 aliphatic heterocycles. The highest BCUT2D eigenvalue weighted by Crippen LogP contribution is 2.42. The van der Waals surface area contributed by atoms with E-state index in [2.05, 4.69) is 27.2 Å². The molecule has 0 saturated carbocycles. The van der Waals surface area contributed by atoms with Gasteiger partial charge in [0.25, 0.3) is 0 Å². The van der Waals surface area contributed by atoms with Crippen molar-refractivity contribution < 1.29 is 9.53 Å². The first-order chi connectivity index (χ1) is 10.5. The van der Waals surface area contributed by atoms with E-state index in [0.29, 0.717) is 10.6 Å². The second-order valence-electron chi connectivity index (χ2n) is 4.24. The molecule has 0 aliphatic carbocycles.